The average molecular weight is 185 g/mol. The first-order chi connectivity index (χ1) is 6.31. The average Bonchev–Trinajstić information content (AvgIpc) is 3.00. The van der Waals surface area contributed by atoms with Crippen molar-refractivity contribution < 1.29 is 14.3 Å². The van der Waals surface area contributed by atoms with Gasteiger partial charge in [-0.05, 0) is 12.8 Å². The Morgan fingerprint density at radius 3 is 2.92 bits per heavy atom. The van der Waals surface area contributed by atoms with Crippen molar-refractivity contribution in [3.8, 4) is 0 Å². The fourth-order valence-electron chi connectivity index (χ4n) is 1.55. The van der Waals surface area contributed by atoms with E-state index in [-0.39, 0.29) is 12.2 Å². The SMILES string of the molecule is COC1CN(C(=O)C2CC2)CCO1. The van der Waals surface area contributed by atoms with Crippen LogP contribution < -0.4 is 0 Å². The van der Waals surface area contributed by atoms with E-state index in [1.807, 2.05) is 4.90 Å². The van der Waals surface area contributed by atoms with Crippen LogP contribution in [0.1, 0.15) is 12.8 Å². The third-order valence-corrected chi connectivity index (χ3v) is 2.54. The van der Waals surface area contributed by atoms with Gasteiger partial charge in [0.05, 0.1) is 13.2 Å². The van der Waals surface area contributed by atoms with Gasteiger partial charge in [0.2, 0.25) is 5.91 Å². The summed E-state index contributed by atoms with van der Waals surface area (Å²) in [5.41, 5.74) is 0. The lowest BCUT2D eigenvalue weighted by molar-refractivity contribution is -0.175. The lowest BCUT2D eigenvalue weighted by atomic mass is 10.3. The van der Waals surface area contributed by atoms with Crippen LogP contribution in [0.2, 0.25) is 0 Å². The highest BCUT2D eigenvalue weighted by Gasteiger charge is 2.35. The molecular formula is C9H15NO3. The van der Waals surface area contributed by atoms with E-state index in [0.29, 0.717) is 19.1 Å². The van der Waals surface area contributed by atoms with Crippen LogP contribution in [0.5, 0.6) is 0 Å². The molecule has 13 heavy (non-hydrogen) atoms. The summed E-state index contributed by atoms with van der Waals surface area (Å²) in [6, 6.07) is 0. The van der Waals surface area contributed by atoms with Crippen molar-refractivity contribution in [1.82, 2.24) is 4.90 Å². The van der Waals surface area contributed by atoms with Gasteiger partial charge in [-0.3, -0.25) is 4.79 Å². The van der Waals surface area contributed by atoms with Crippen LogP contribution in [0.15, 0.2) is 0 Å². The van der Waals surface area contributed by atoms with Crippen LogP contribution >= 0.6 is 0 Å². The van der Waals surface area contributed by atoms with E-state index in [9.17, 15) is 4.79 Å². The molecule has 0 spiro atoms. The van der Waals surface area contributed by atoms with Crippen LogP contribution in [-0.2, 0) is 14.3 Å². The van der Waals surface area contributed by atoms with Gasteiger partial charge in [-0.25, -0.2) is 0 Å². The quantitative estimate of drug-likeness (QED) is 0.618. The number of morpholine rings is 1. The number of ether oxygens (including phenoxy) is 2. The van der Waals surface area contributed by atoms with Gasteiger partial charge in [0.25, 0.3) is 0 Å². The molecule has 0 N–H and O–H groups in total. The molecule has 0 aromatic carbocycles. The largest absolute Gasteiger partial charge is 0.354 e. The highest BCUT2D eigenvalue weighted by atomic mass is 16.7. The minimum atomic E-state index is -0.226. The number of hydrogen-bond acceptors (Lipinski definition) is 3. The zero-order chi connectivity index (χ0) is 9.26. The molecule has 74 valence electrons. The third-order valence-electron chi connectivity index (χ3n) is 2.54. The first-order valence-electron chi connectivity index (χ1n) is 4.74. The molecule has 1 aliphatic carbocycles. The molecule has 1 heterocycles. The van der Waals surface area contributed by atoms with Gasteiger partial charge < -0.3 is 14.4 Å². The van der Waals surface area contributed by atoms with Gasteiger partial charge in [-0.1, -0.05) is 0 Å². The lowest BCUT2D eigenvalue weighted by Crippen LogP contribution is -2.46. The van der Waals surface area contributed by atoms with E-state index in [1.165, 1.54) is 0 Å². The Morgan fingerprint density at radius 1 is 1.54 bits per heavy atom. The zero-order valence-electron chi connectivity index (χ0n) is 7.86. The molecule has 1 saturated carbocycles. The summed E-state index contributed by atoms with van der Waals surface area (Å²) in [5.74, 6) is 0.584. The summed E-state index contributed by atoms with van der Waals surface area (Å²) in [6.07, 6.45) is 1.90. The summed E-state index contributed by atoms with van der Waals surface area (Å²) in [4.78, 5) is 13.5. The highest BCUT2D eigenvalue weighted by Crippen LogP contribution is 2.31. The molecule has 1 saturated heterocycles. The first kappa shape index (κ1) is 8.97. The topological polar surface area (TPSA) is 38.8 Å². The number of carbonyl (C=O) groups is 1. The van der Waals surface area contributed by atoms with Crippen molar-refractivity contribution in [2.24, 2.45) is 5.92 Å². The maximum atomic E-state index is 11.6. The molecule has 0 bridgehead atoms. The maximum Gasteiger partial charge on any atom is 0.225 e. The van der Waals surface area contributed by atoms with Gasteiger partial charge >= 0.3 is 0 Å². The Hall–Kier alpha value is -0.610. The predicted octanol–water partition coefficient (Wildman–Crippen LogP) is 0.228. The van der Waals surface area contributed by atoms with Crippen molar-refractivity contribution in [1.29, 1.82) is 0 Å². The van der Waals surface area contributed by atoms with E-state index in [1.54, 1.807) is 7.11 Å². The van der Waals surface area contributed by atoms with Crippen molar-refractivity contribution in [2.45, 2.75) is 19.1 Å². The molecule has 0 radical (unpaired) electrons. The molecule has 4 nitrogen and oxygen atoms in total. The number of nitrogens with zero attached hydrogens (tertiary/aromatic N) is 1. The van der Waals surface area contributed by atoms with Gasteiger partial charge in [-0.2, -0.15) is 0 Å². The minimum Gasteiger partial charge on any atom is -0.354 e. The number of methoxy groups -OCH3 is 1. The van der Waals surface area contributed by atoms with Crippen LogP contribution in [-0.4, -0.2) is 43.9 Å². The lowest BCUT2D eigenvalue weighted by Gasteiger charge is -2.32. The number of amides is 1. The highest BCUT2D eigenvalue weighted by molar-refractivity contribution is 5.81. The van der Waals surface area contributed by atoms with E-state index in [0.717, 1.165) is 19.4 Å². The summed E-state index contributed by atoms with van der Waals surface area (Å²) in [6.45, 7) is 1.90. The molecule has 0 aromatic heterocycles. The molecule has 4 heteroatoms. The van der Waals surface area contributed by atoms with Crippen LogP contribution in [0.25, 0.3) is 0 Å². The fourth-order valence-corrected chi connectivity index (χ4v) is 1.55. The van der Waals surface area contributed by atoms with Crippen molar-refractivity contribution >= 4 is 5.91 Å². The normalized spacial score (nSPS) is 29.0. The number of hydrogen-bond donors (Lipinski definition) is 0. The predicted molar refractivity (Wildman–Crippen MR) is 46.1 cm³/mol. The van der Waals surface area contributed by atoms with Crippen molar-refractivity contribution in [3.05, 3.63) is 0 Å². The second-order valence-electron chi connectivity index (χ2n) is 3.59. The molecule has 2 aliphatic rings. The molecule has 2 fully saturated rings. The second-order valence-corrected chi connectivity index (χ2v) is 3.59. The molecular weight excluding hydrogens is 170 g/mol. The molecule has 1 amide bonds. The number of carbonyl (C=O) groups excluding carboxylic acids is 1. The van der Waals surface area contributed by atoms with E-state index >= 15 is 0 Å². The summed E-state index contributed by atoms with van der Waals surface area (Å²) in [5, 5.41) is 0. The summed E-state index contributed by atoms with van der Waals surface area (Å²) >= 11 is 0. The number of rotatable bonds is 2. The Labute approximate surface area is 77.8 Å². The second kappa shape index (κ2) is 3.64. The first-order valence-corrected chi connectivity index (χ1v) is 4.74. The molecule has 0 aromatic rings. The summed E-state index contributed by atoms with van der Waals surface area (Å²) < 4.78 is 10.3. The Morgan fingerprint density at radius 2 is 2.31 bits per heavy atom. The van der Waals surface area contributed by atoms with Crippen LogP contribution in [0.4, 0.5) is 0 Å². The smallest absolute Gasteiger partial charge is 0.225 e. The molecule has 1 aliphatic heterocycles. The van der Waals surface area contributed by atoms with Gasteiger partial charge in [0.1, 0.15) is 0 Å². The Bertz CT molecular complexity index is 203. The van der Waals surface area contributed by atoms with E-state index in [2.05, 4.69) is 0 Å². The third kappa shape index (κ3) is 2.00. The van der Waals surface area contributed by atoms with Crippen molar-refractivity contribution in [3.63, 3.8) is 0 Å². The van der Waals surface area contributed by atoms with Crippen LogP contribution in [0, 0.1) is 5.92 Å². The molecule has 1 atom stereocenters. The standard InChI is InChI=1S/C9H15NO3/c1-12-8-6-10(4-5-13-8)9(11)7-2-3-7/h7-8H,2-6H2,1H3. The van der Waals surface area contributed by atoms with Gasteiger partial charge in [0, 0.05) is 19.6 Å². The molecule has 2 rings (SSSR count). The molecule has 1 unspecified atom stereocenters. The maximum absolute atomic E-state index is 11.6. The van der Waals surface area contributed by atoms with Gasteiger partial charge in [0.15, 0.2) is 6.29 Å². The van der Waals surface area contributed by atoms with Gasteiger partial charge in [-0.15, -0.1) is 0 Å². The van der Waals surface area contributed by atoms with E-state index < -0.39 is 0 Å². The van der Waals surface area contributed by atoms with E-state index in [4.69, 9.17) is 9.47 Å². The Balaban J connectivity index is 1.87. The van der Waals surface area contributed by atoms with Crippen molar-refractivity contribution in [2.75, 3.05) is 26.8 Å². The zero-order valence-corrected chi connectivity index (χ0v) is 7.86. The fraction of sp³-hybridized carbons (Fsp3) is 0.889. The summed E-state index contributed by atoms with van der Waals surface area (Å²) in [7, 11) is 1.61. The minimum absolute atomic E-state index is 0.226. The Kier molecular flexibility index (Phi) is 2.51. The monoisotopic (exact) mass is 185 g/mol. The van der Waals surface area contributed by atoms with Crippen LogP contribution in [0.3, 0.4) is 0 Å².